The topological polar surface area (TPSA) is 21.3 Å². The fourth-order valence-electron chi connectivity index (χ4n) is 1.20. The summed E-state index contributed by atoms with van der Waals surface area (Å²) in [6, 6.07) is 7.21. The van der Waals surface area contributed by atoms with E-state index in [-0.39, 0.29) is 0 Å². The van der Waals surface area contributed by atoms with Crippen molar-refractivity contribution in [3.8, 4) is 5.75 Å². The number of halogens is 2. The van der Waals surface area contributed by atoms with Gasteiger partial charge in [0.25, 0.3) is 6.43 Å². The van der Waals surface area contributed by atoms with Gasteiger partial charge in [-0.15, -0.1) is 0 Å². The Kier molecular flexibility index (Phi) is 5.04. The van der Waals surface area contributed by atoms with E-state index in [4.69, 9.17) is 4.74 Å². The zero-order chi connectivity index (χ0) is 11.1. The van der Waals surface area contributed by atoms with Crippen LogP contribution in [-0.4, -0.2) is 19.6 Å². The predicted molar refractivity (Wildman–Crippen MR) is 55.3 cm³/mol. The molecule has 0 aliphatic rings. The average Bonchev–Trinajstić information content (AvgIpc) is 2.24. The van der Waals surface area contributed by atoms with Gasteiger partial charge in [0.15, 0.2) is 0 Å². The Balaban J connectivity index is 2.59. The van der Waals surface area contributed by atoms with E-state index in [0.29, 0.717) is 12.3 Å². The molecule has 0 bridgehead atoms. The summed E-state index contributed by atoms with van der Waals surface area (Å²) in [5.74, 6) is 0.527. The number of alkyl halides is 2. The van der Waals surface area contributed by atoms with E-state index in [1.807, 2.05) is 19.1 Å². The lowest BCUT2D eigenvalue weighted by Gasteiger charge is -2.11. The minimum atomic E-state index is -2.43. The molecule has 84 valence electrons. The van der Waals surface area contributed by atoms with Crippen LogP contribution in [0, 0.1) is 0 Å². The molecule has 1 N–H and O–H groups in total. The molecule has 0 saturated heterocycles. The number of ether oxygens (including phenoxy) is 1. The van der Waals surface area contributed by atoms with Crippen molar-refractivity contribution < 1.29 is 13.5 Å². The van der Waals surface area contributed by atoms with Crippen LogP contribution < -0.4 is 10.1 Å². The first kappa shape index (κ1) is 11.9. The molecule has 0 heterocycles. The van der Waals surface area contributed by atoms with Crippen LogP contribution in [0.5, 0.6) is 5.75 Å². The lowest BCUT2D eigenvalue weighted by atomic mass is 10.2. The third-order valence-corrected chi connectivity index (χ3v) is 1.90. The van der Waals surface area contributed by atoms with Gasteiger partial charge >= 0.3 is 0 Å². The Morgan fingerprint density at radius 2 is 2.07 bits per heavy atom. The number of para-hydroxylation sites is 1. The van der Waals surface area contributed by atoms with Gasteiger partial charge in [-0.25, -0.2) is 8.78 Å². The van der Waals surface area contributed by atoms with Gasteiger partial charge in [-0.2, -0.15) is 0 Å². The fraction of sp³-hybridized carbons (Fsp3) is 0.455. The molecule has 0 aliphatic carbocycles. The third kappa shape index (κ3) is 4.25. The van der Waals surface area contributed by atoms with Crippen molar-refractivity contribution in [1.82, 2.24) is 5.32 Å². The Morgan fingerprint density at radius 1 is 1.33 bits per heavy atom. The highest BCUT2D eigenvalue weighted by Crippen LogP contribution is 2.18. The van der Waals surface area contributed by atoms with E-state index in [1.165, 1.54) is 0 Å². The first-order valence-corrected chi connectivity index (χ1v) is 4.93. The number of benzene rings is 1. The molecule has 15 heavy (non-hydrogen) atoms. The first-order valence-electron chi connectivity index (χ1n) is 4.93. The summed E-state index contributed by atoms with van der Waals surface area (Å²) in [6.07, 6.45) is -2.43. The second kappa shape index (κ2) is 6.35. The number of rotatable bonds is 6. The maximum atomic E-state index is 12.0. The molecule has 1 aromatic carbocycles. The van der Waals surface area contributed by atoms with Crippen molar-refractivity contribution in [2.75, 3.05) is 13.2 Å². The summed E-state index contributed by atoms with van der Waals surface area (Å²) >= 11 is 0. The van der Waals surface area contributed by atoms with Gasteiger partial charge in [-0.05, 0) is 12.6 Å². The Morgan fingerprint density at radius 3 is 2.73 bits per heavy atom. The van der Waals surface area contributed by atoms with Gasteiger partial charge in [0.2, 0.25) is 0 Å². The van der Waals surface area contributed by atoms with Crippen LogP contribution in [0.2, 0.25) is 0 Å². The van der Waals surface area contributed by atoms with Crippen molar-refractivity contribution >= 4 is 0 Å². The summed E-state index contributed by atoms with van der Waals surface area (Å²) in [5.41, 5.74) is 0.903. The molecule has 1 aromatic rings. The molecule has 0 spiro atoms. The van der Waals surface area contributed by atoms with E-state index in [9.17, 15) is 8.78 Å². The predicted octanol–water partition coefficient (Wildman–Crippen LogP) is 2.44. The lowest BCUT2D eigenvalue weighted by Crippen LogP contribution is -2.14. The molecule has 0 amide bonds. The van der Waals surface area contributed by atoms with E-state index >= 15 is 0 Å². The fourth-order valence-corrected chi connectivity index (χ4v) is 1.20. The number of nitrogens with one attached hydrogen (secondary N) is 1. The van der Waals surface area contributed by atoms with Crippen LogP contribution in [0.3, 0.4) is 0 Å². The zero-order valence-corrected chi connectivity index (χ0v) is 8.67. The zero-order valence-electron chi connectivity index (χ0n) is 8.67. The highest BCUT2D eigenvalue weighted by Gasteiger charge is 2.06. The van der Waals surface area contributed by atoms with Crippen LogP contribution in [-0.2, 0) is 6.54 Å². The molecule has 4 heteroatoms. The van der Waals surface area contributed by atoms with Gasteiger partial charge in [-0.3, -0.25) is 0 Å². The van der Waals surface area contributed by atoms with E-state index in [1.54, 1.807) is 12.1 Å². The molecule has 0 atom stereocenters. The molecule has 1 rings (SSSR count). The van der Waals surface area contributed by atoms with Crippen LogP contribution in [0.15, 0.2) is 24.3 Å². The van der Waals surface area contributed by atoms with Crippen molar-refractivity contribution in [1.29, 1.82) is 0 Å². The maximum absolute atomic E-state index is 12.0. The van der Waals surface area contributed by atoms with Crippen LogP contribution in [0.1, 0.15) is 12.5 Å². The van der Waals surface area contributed by atoms with Gasteiger partial charge < -0.3 is 10.1 Å². The number of hydrogen-bond acceptors (Lipinski definition) is 2. The summed E-state index contributed by atoms with van der Waals surface area (Å²) < 4.78 is 28.9. The summed E-state index contributed by atoms with van der Waals surface area (Å²) in [7, 11) is 0. The van der Waals surface area contributed by atoms with Gasteiger partial charge in [0.05, 0.1) is 0 Å². The molecule has 2 nitrogen and oxygen atoms in total. The molecule has 0 saturated carbocycles. The van der Waals surface area contributed by atoms with Crippen molar-refractivity contribution in [3.63, 3.8) is 0 Å². The average molecular weight is 215 g/mol. The SMILES string of the molecule is CCNCc1ccccc1OCC(F)F. The quantitative estimate of drug-likeness (QED) is 0.787. The van der Waals surface area contributed by atoms with Gasteiger partial charge in [0, 0.05) is 12.1 Å². The molecule has 0 radical (unpaired) electrons. The Hall–Kier alpha value is -1.16. The van der Waals surface area contributed by atoms with Gasteiger partial charge in [-0.1, -0.05) is 25.1 Å². The van der Waals surface area contributed by atoms with Crippen LogP contribution >= 0.6 is 0 Å². The Bertz CT molecular complexity index is 292. The minimum Gasteiger partial charge on any atom is -0.487 e. The van der Waals surface area contributed by atoms with E-state index in [2.05, 4.69) is 5.32 Å². The monoisotopic (exact) mass is 215 g/mol. The van der Waals surface area contributed by atoms with E-state index in [0.717, 1.165) is 12.1 Å². The maximum Gasteiger partial charge on any atom is 0.272 e. The second-order valence-corrected chi connectivity index (χ2v) is 3.09. The van der Waals surface area contributed by atoms with Crippen molar-refractivity contribution in [2.24, 2.45) is 0 Å². The van der Waals surface area contributed by atoms with Crippen molar-refractivity contribution in [2.45, 2.75) is 19.9 Å². The third-order valence-electron chi connectivity index (χ3n) is 1.90. The summed E-state index contributed by atoms with van der Waals surface area (Å²) in [6.45, 7) is 2.91. The van der Waals surface area contributed by atoms with Crippen molar-refractivity contribution in [3.05, 3.63) is 29.8 Å². The Labute approximate surface area is 88.3 Å². The molecular formula is C11H15F2NO. The molecule has 0 fully saturated rings. The highest BCUT2D eigenvalue weighted by molar-refractivity contribution is 5.33. The lowest BCUT2D eigenvalue weighted by molar-refractivity contribution is 0.0814. The van der Waals surface area contributed by atoms with E-state index < -0.39 is 13.0 Å². The first-order chi connectivity index (χ1) is 7.24. The molecule has 0 aliphatic heterocycles. The van der Waals surface area contributed by atoms with Crippen LogP contribution in [0.4, 0.5) is 8.78 Å². The molecular weight excluding hydrogens is 200 g/mol. The minimum absolute atomic E-state index is 0.527. The molecule has 0 aromatic heterocycles. The largest absolute Gasteiger partial charge is 0.487 e. The molecule has 0 unspecified atom stereocenters. The van der Waals surface area contributed by atoms with Crippen LogP contribution in [0.25, 0.3) is 0 Å². The smallest absolute Gasteiger partial charge is 0.272 e. The summed E-state index contributed by atoms with van der Waals surface area (Å²) in [4.78, 5) is 0. The summed E-state index contributed by atoms with van der Waals surface area (Å²) in [5, 5.41) is 3.13. The standard InChI is InChI=1S/C11H15F2NO/c1-2-14-7-9-5-3-4-6-10(9)15-8-11(12)13/h3-6,11,14H,2,7-8H2,1H3. The number of hydrogen-bond donors (Lipinski definition) is 1. The normalized spacial score (nSPS) is 10.7. The highest BCUT2D eigenvalue weighted by atomic mass is 19.3. The second-order valence-electron chi connectivity index (χ2n) is 3.09. The van der Waals surface area contributed by atoms with Gasteiger partial charge in [0.1, 0.15) is 12.4 Å².